The van der Waals surface area contributed by atoms with Crippen LogP contribution in [0, 0.1) is 17.8 Å². The van der Waals surface area contributed by atoms with Gasteiger partial charge in [0.05, 0.1) is 24.9 Å². The monoisotopic (exact) mass is 340 g/mol. The zero-order valence-corrected chi connectivity index (χ0v) is 14.2. The molecule has 2 aromatic rings. The fraction of sp³-hybridized carbons (Fsp3) is 0.550. The molecule has 1 aromatic carbocycles. The highest BCUT2D eigenvalue weighted by Crippen LogP contribution is 2.43. The molecule has 2 aliphatic heterocycles. The van der Waals surface area contributed by atoms with Crippen molar-refractivity contribution in [1.29, 1.82) is 0 Å². The molecule has 1 saturated carbocycles. The van der Waals surface area contributed by atoms with Crippen molar-refractivity contribution in [2.45, 2.75) is 37.8 Å². The summed E-state index contributed by atoms with van der Waals surface area (Å²) in [4.78, 5) is 16.9. The van der Waals surface area contributed by atoms with Crippen LogP contribution in [0.15, 0.2) is 24.3 Å². The highest BCUT2D eigenvalue weighted by molar-refractivity contribution is 5.85. The maximum atomic E-state index is 11.7. The Morgan fingerprint density at radius 2 is 2.12 bits per heavy atom. The Bertz CT molecular complexity index is 829. The van der Waals surface area contributed by atoms with Crippen molar-refractivity contribution >= 4 is 16.9 Å². The zero-order valence-electron chi connectivity index (χ0n) is 14.2. The number of aromatic nitrogens is 1. The number of aliphatic hydroxyl groups excluding tert-OH is 1. The number of carboxylic acid groups (broad SMARTS) is 1. The van der Waals surface area contributed by atoms with Gasteiger partial charge in [-0.05, 0) is 30.4 Å². The van der Waals surface area contributed by atoms with Gasteiger partial charge >= 0.3 is 0 Å². The van der Waals surface area contributed by atoms with E-state index in [-0.39, 0.29) is 5.92 Å². The van der Waals surface area contributed by atoms with Gasteiger partial charge in [-0.1, -0.05) is 18.2 Å². The van der Waals surface area contributed by atoms with E-state index in [1.165, 1.54) is 22.2 Å². The Morgan fingerprint density at radius 3 is 2.96 bits per heavy atom. The van der Waals surface area contributed by atoms with Crippen LogP contribution in [0.3, 0.4) is 0 Å². The molecule has 0 spiro atoms. The van der Waals surface area contributed by atoms with Crippen LogP contribution in [0.2, 0.25) is 0 Å². The molecule has 3 N–H and O–H groups in total. The van der Waals surface area contributed by atoms with Crippen LogP contribution in [0.1, 0.15) is 36.6 Å². The number of quaternary nitrogens is 1. The van der Waals surface area contributed by atoms with E-state index in [1.807, 2.05) is 0 Å². The second-order valence-electron chi connectivity index (χ2n) is 8.13. The average Bonchev–Trinajstić information content (AvgIpc) is 2.99. The third-order valence-corrected chi connectivity index (χ3v) is 7.00. The van der Waals surface area contributed by atoms with Crippen LogP contribution in [0.25, 0.3) is 10.9 Å². The number of carbonyl (C=O) groups excluding carboxylic acids is 1. The van der Waals surface area contributed by atoms with E-state index in [4.69, 9.17) is 0 Å². The van der Waals surface area contributed by atoms with Gasteiger partial charge < -0.3 is 24.9 Å². The molecule has 2 fully saturated rings. The van der Waals surface area contributed by atoms with Crippen molar-refractivity contribution in [2.75, 3.05) is 13.1 Å². The second-order valence-corrected chi connectivity index (χ2v) is 8.13. The molecular weight excluding hydrogens is 316 g/mol. The van der Waals surface area contributed by atoms with E-state index >= 15 is 0 Å². The summed E-state index contributed by atoms with van der Waals surface area (Å²) < 4.78 is 0. The maximum Gasteiger partial charge on any atom is 0.129 e. The van der Waals surface area contributed by atoms with Crippen LogP contribution in [0.5, 0.6) is 0 Å². The predicted octanol–water partition coefficient (Wildman–Crippen LogP) is -0.193. The predicted molar refractivity (Wildman–Crippen MR) is 90.8 cm³/mol. The number of aromatic amines is 1. The third-order valence-electron chi connectivity index (χ3n) is 7.00. The molecule has 1 saturated heterocycles. The SMILES string of the molecule is O=C([O-])[C@H]1[C@H]2C[C@H]3c4[nH]c5ccccc5c4CC[NH+]3C[C@@H]2CC[C@@H]1O. The first-order valence-corrected chi connectivity index (χ1v) is 9.46. The highest BCUT2D eigenvalue weighted by Gasteiger charge is 2.49. The molecule has 25 heavy (non-hydrogen) atoms. The van der Waals surface area contributed by atoms with Gasteiger partial charge in [0.1, 0.15) is 6.04 Å². The molecule has 6 atom stereocenters. The Hall–Kier alpha value is -1.85. The molecule has 132 valence electrons. The lowest BCUT2D eigenvalue weighted by Crippen LogP contribution is -3.15. The molecule has 1 aromatic heterocycles. The van der Waals surface area contributed by atoms with Gasteiger partial charge in [0.25, 0.3) is 0 Å². The molecule has 5 nitrogen and oxygen atoms in total. The maximum absolute atomic E-state index is 11.7. The van der Waals surface area contributed by atoms with E-state index < -0.39 is 18.0 Å². The summed E-state index contributed by atoms with van der Waals surface area (Å²) in [7, 11) is 0. The number of nitrogens with one attached hydrogen (secondary N) is 2. The minimum atomic E-state index is -1.07. The lowest BCUT2D eigenvalue weighted by molar-refractivity contribution is -0.945. The van der Waals surface area contributed by atoms with Crippen LogP contribution < -0.4 is 10.0 Å². The van der Waals surface area contributed by atoms with Crippen molar-refractivity contribution in [3.63, 3.8) is 0 Å². The Balaban J connectivity index is 1.54. The number of carbonyl (C=O) groups is 1. The summed E-state index contributed by atoms with van der Waals surface area (Å²) in [5, 5.41) is 23.2. The van der Waals surface area contributed by atoms with Crippen molar-refractivity contribution in [3.8, 4) is 0 Å². The number of aliphatic carboxylic acids is 1. The smallest absolute Gasteiger partial charge is 0.129 e. The van der Waals surface area contributed by atoms with Gasteiger partial charge in [-0.15, -0.1) is 0 Å². The highest BCUT2D eigenvalue weighted by atomic mass is 16.4. The van der Waals surface area contributed by atoms with Crippen molar-refractivity contribution in [3.05, 3.63) is 35.5 Å². The summed E-state index contributed by atoms with van der Waals surface area (Å²) in [6.45, 7) is 2.13. The second kappa shape index (κ2) is 5.58. The molecule has 3 heterocycles. The lowest BCUT2D eigenvalue weighted by atomic mass is 9.65. The normalized spacial score (nSPS) is 37.2. The summed E-state index contributed by atoms with van der Waals surface area (Å²) in [6.07, 6.45) is 2.68. The van der Waals surface area contributed by atoms with Crippen molar-refractivity contribution < 1.29 is 19.9 Å². The number of hydrogen-bond donors (Lipinski definition) is 3. The van der Waals surface area contributed by atoms with Gasteiger partial charge in [-0.3, -0.25) is 0 Å². The number of aliphatic hydroxyl groups is 1. The van der Waals surface area contributed by atoms with Gasteiger partial charge in [-0.2, -0.15) is 0 Å². The van der Waals surface area contributed by atoms with E-state index in [0.29, 0.717) is 18.4 Å². The first kappa shape index (κ1) is 15.4. The number of rotatable bonds is 1. The van der Waals surface area contributed by atoms with Crippen LogP contribution in [-0.4, -0.2) is 35.3 Å². The van der Waals surface area contributed by atoms with Gasteiger partial charge in [-0.25, -0.2) is 0 Å². The number of piperidine rings is 1. The van der Waals surface area contributed by atoms with E-state index in [0.717, 1.165) is 32.4 Å². The first-order valence-electron chi connectivity index (χ1n) is 9.46. The molecule has 5 rings (SSSR count). The molecule has 3 aliphatic rings. The standard InChI is InChI=1S/C20H24N2O3/c23-17-6-5-11-10-22-8-7-13-12-3-1-2-4-15(12)21-19(13)16(22)9-14(11)18(17)20(24)25/h1-4,11,14,16-18,21,23H,5-10H2,(H,24,25)/t11-,14-,16-,17-,18-/m0/s1. The quantitative estimate of drug-likeness (QED) is 0.673. The fourth-order valence-electron chi connectivity index (χ4n) is 5.87. The molecule has 1 unspecified atom stereocenters. The number of H-pyrrole nitrogens is 1. The van der Waals surface area contributed by atoms with Crippen LogP contribution in [0.4, 0.5) is 0 Å². The zero-order chi connectivity index (χ0) is 17.1. The lowest BCUT2D eigenvalue weighted by Gasteiger charge is -2.49. The molecule has 0 amide bonds. The van der Waals surface area contributed by atoms with Crippen molar-refractivity contribution in [2.24, 2.45) is 17.8 Å². The Labute approximate surface area is 146 Å². The fourth-order valence-corrected chi connectivity index (χ4v) is 5.87. The largest absolute Gasteiger partial charge is 0.550 e. The number of fused-ring (bicyclic) bond motifs is 6. The number of carboxylic acids is 1. The molecule has 0 radical (unpaired) electrons. The summed E-state index contributed by atoms with van der Waals surface area (Å²) >= 11 is 0. The molecule has 1 aliphatic carbocycles. The minimum absolute atomic E-state index is 0.0277. The van der Waals surface area contributed by atoms with Crippen molar-refractivity contribution in [1.82, 2.24) is 4.98 Å². The first-order chi connectivity index (χ1) is 12.1. The summed E-state index contributed by atoms with van der Waals surface area (Å²) in [5.74, 6) is -1.36. The Kier molecular flexibility index (Phi) is 3.44. The minimum Gasteiger partial charge on any atom is -0.550 e. The number of benzene rings is 1. The van der Waals surface area contributed by atoms with Crippen LogP contribution >= 0.6 is 0 Å². The third kappa shape index (κ3) is 2.26. The number of para-hydroxylation sites is 1. The topological polar surface area (TPSA) is 80.6 Å². The van der Waals surface area contributed by atoms with E-state index in [1.54, 1.807) is 4.90 Å². The summed E-state index contributed by atoms with van der Waals surface area (Å²) in [6, 6.07) is 8.73. The van der Waals surface area contributed by atoms with Gasteiger partial charge in [0.2, 0.25) is 0 Å². The van der Waals surface area contributed by atoms with Crippen LogP contribution in [-0.2, 0) is 11.2 Å². The average molecular weight is 340 g/mol. The summed E-state index contributed by atoms with van der Waals surface area (Å²) in [5.41, 5.74) is 3.87. The van der Waals surface area contributed by atoms with Gasteiger partial charge in [0.15, 0.2) is 0 Å². The molecule has 5 heteroatoms. The Morgan fingerprint density at radius 1 is 1.28 bits per heavy atom. The van der Waals surface area contributed by atoms with E-state index in [2.05, 4.69) is 29.2 Å². The molecule has 0 bridgehead atoms. The number of hydrogen-bond acceptors (Lipinski definition) is 3. The van der Waals surface area contributed by atoms with Gasteiger partial charge in [0, 0.05) is 41.5 Å². The van der Waals surface area contributed by atoms with E-state index in [9.17, 15) is 15.0 Å². The molecular formula is C20H24N2O3.